The molecule has 3 aromatic heterocycles. The standard InChI is InChI=1S/C23H18FN5O3.C2HF3O2/c1-12-5-21(25)27-8-20(12)29-10-15(23(31)32)22(30)14-6-16(24)19(7-18(14)29)28-9-13-3-2-4-26-17(13)11-28;3-2(4,5)1(6)7/h2-8,10H,9,11H2,1H3,(H2,25,27)(H,31,32);(H,6,7). The van der Waals surface area contributed by atoms with Crippen LogP contribution >= 0.6 is 0 Å². The van der Waals surface area contributed by atoms with Crippen LogP contribution < -0.4 is 16.1 Å². The number of carboxylic acids is 2. The molecule has 0 spiro atoms. The van der Waals surface area contributed by atoms with Crippen molar-refractivity contribution in [1.29, 1.82) is 0 Å². The highest BCUT2D eigenvalue weighted by Crippen LogP contribution is 2.32. The fourth-order valence-corrected chi connectivity index (χ4v) is 4.12. The van der Waals surface area contributed by atoms with E-state index in [1.165, 1.54) is 12.4 Å². The van der Waals surface area contributed by atoms with Crippen LogP contribution in [0.4, 0.5) is 29.1 Å². The van der Waals surface area contributed by atoms with Gasteiger partial charge in [-0.1, -0.05) is 6.07 Å². The first-order valence-corrected chi connectivity index (χ1v) is 11.1. The summed E-state index contributed by atoms with van der Waals surface area (Å²) in [5.74, 6) is -4.45. The van der Waals surface area contributed by atoms with Crippen molar-refractivity contribution < 1.29 is 37.4 Å². The maximum Gasteiger partial charge on any atom is 0.490 e. The van der Waals surface area contributed by atoms with E-state index in [2.05, 4.69) is 9.97 Å². The molecule has 202 valence electrons. The molecule has 10 nitrogen and oxygen atoms in total. The van der Waals surface area contributed by atoms with E-state index in [0.29, 0.717) is 35.8 Å². The van der Waals surface area contributed by atoms with Gasteiger partial charge in [0.05, 0.1) is 35.3 Å². The Labute approximate surface area is 216 Å². The number of rotatable bonds is 3. The highest BCUT2D eigenvalue weighted by Gasteiger charge is 2.38. The summed E-state index contributed by atoms with van der Waals surface area (Å²) in [6, 6.07) is 8.10. The second kappa shape index (κ2) is 10.0. The molecule has 14 heteroatoms. The predicted molar refractivity (Wildman–Crippen MR) is 131 cm³/mol. The van der Waals surface area contributed by atoms with Crippen molar-refractivity contribution in [3.8, 4) is 5.69 Å². The van der Waals surface area contributed by atoms with Crippen LogP contribution in [0.2, 0.25) is 0 Å². The molecule has 4 aromatic rings. The molecule has 0 fully saturated rings. The number of hydrogen-bond donors (Lipinski definition) is 3. The molecular formula is C25H19F4N5O5. The lowest BCUT2D eigenvalue weighted by molar-refractivity contribution is -0.192. The average Bonchev–Trinajstić information content (AvgIpc) is 3.28. The Kier molecular flexibility index (Phi) is 6.96. The number of nitrogens with two attached hydrogens (primary N) is 1. The first kappa shape index (κ1) is 27.0. The predicted octanol–water partition coefficient (Wildman–Crippen LogP) is 3.66. The van der Waals surface area contributed by atoms with Crippen molar-refractivity contribution >= 4 is 34.3 Å². The normalized spacial score (nSPS) is 12.6. The zero-order valence-corrected chi connectivity index (χ0v) is 20.0. The molecule has 1 aliphatic heterocycles. The number of benzene rings is 1. The zero-order chi connectivity index (χ0) is 28.6. The molecule has 0 bridgehead atoms. The summed E-state index contributed by atoms with van der Waals surface area (Å²) in [5, 5.41) is 16.6. The van der Waals surface area contributed by atoms with Gasteiger partial charge in [-0.15, -0.1) is 0 Å². The number of aromatic nitrogens is 3. The first-order valence-electron chi connectivity index (χ1n) is 11.1. The van der Waals surface area contributed by atoms with Gasteiger partial charge in [-0.05, 0) is 42.3 Å². The number of nitrogen functional groups attached to an aromatic ring is 1. The van der Waals surface area contributed by atoms with Gasteiger partial charge >= 0.3 is 18.1 Å². The van der Waals surface area contributed by atoms with Crippen molar-refractivity contribution in [3.63, 3.8) is 0 Å². The summed E-state index contributed by atoms with van der Waals surface area (Å²) in [7, 11) is 0. The van der Waals surface area contributed by atoms with Gasteiger partial charge in [-0.3, -0.25) is 9.78 Å². The molecule has 0 aliphatic carbocycles. The van der Waals surface area contributed by atoms with Crippen molar-refractivity contribution in [3.05, 3.63) is 87.3 Å². The molecule has 4 N–H and O–H groups in total. The number of alkyl halides is 3. The molecule has 39 heavy (non-hydrogen) atoms. The number of anilines is 2. The molecule has 5 rings (SSSR count). The molecule has 0 amide bonds. The molecule has 0 unspecified atom stereocenters. The lowest BCUT2D eigenvalue weighted by atomic mass is 10.1. The van der Waals surface area contributed by atoms with E-state index in [-0.39, 0.29) is 5.39 Å². The van der Waals surface area contributed by atoms with Gasteiger partial charge in [0.1, 0.15) is 17.2 Å². The SMILES string of the molecule is Cc1cc(N)ncc1-n1cc(C(=O)O)c(=O)c2cc(F)c(N3Cc4cccnc4C3)cc21.O=C(O)C(F)(F)F. The third kappa shape index (κ3) is 5.35. The van der Waals surface area contributed by atoms with Crippen molar-refractivity contribution in [2.45, 2.75) is 26.2 Å². The largest absolute Gasteiger partial charge is 0.490 e. The number of halogens is 4. The third-order valence-corrected chi connectivity index (χ3v) is 5.94. The van der Waals surface area contributed by atoms with Crippen LogP contribution in [-0.4, -0.2) is 42.9 Å². The minimum absolute atomic E-state index is 0.0304. The molecule has 4 heterocycles. The fourth-order valence-electron chi connectivity index (χ4n) is 4.12. The van der Waals surface area contributed by atoms with Crippen LogP contribution in [0.15, 0.2) is 53.7 Å². The van der Waals surface area contributed by atoms with Crippen LogP contribution in [0, 0.1) is 12.7 Å². The van der Waals surface area contributed by atoms with E-state index in [4.69, 9.17) is 15.6 Å². The summed E-state index contributed by atoms with van der Waals surface area (Å²) in [6.07, 6.45) is -0.644. The Morgan fingerprint density at radius 2 is 1.77 bits per heavy atom. The molecule has 0 saturated carbocycles. The number of nitrogens with zero attached hydrogens (tertiary/aromatic N) is 4. The Bertz CT molecular complexity index is 1660. The van der Waals surface area contributed by atoms with Gasteiger partial charge in [-0.25, -0.2) is 19.0 Å². The summed E-state index contributed by atoms with van der Waals surface area (Å²) in [5.41, 5.74) is 8.35. The van der Waals surface area contributed by atoms with E-state index in [1.807, 2.05) is 17.0 Å². The van der Waals surface area contributed by atoms with E-state index >= 15 is 4.39 Å². The van der Waals surface area contributed by atoms with Gasteiger partial charge in [0, 0.05) is 24.3 Å². The van der Waals surface area contributed by atoms with Crippen LogP contribution in [0.1, 0.15) is 27.2 Å². The van der Waals surface area contributed by atoms with Gasteiger partial charge in [0.15, 0.2) is 0 Å². The second-order valence-corrected chi connectivity index (χ2v) is 8.53. The molecule has 1 aliphatic rings. The lowest BCUT2D eigenvalue weighted by Gasteiger charge is -2.21. The summed E-state index contributed by atoms with van der Waals surface area (Å²) >= 11 is 0. The van der Waals surface area contributed by atoms with Crippen LogP contribution in [0.3, 0.4) is 0 Å². The van der Waals surface area contributed by atoms with E-state index in [0.717, 1.165) is 22.9 Å². The van der Waals surface area contributed by atoms with E-state index in [9.17, 15) is 27.9 Å². The van der Waals surface area contributed by atoms with Crippen LogP contribution in [-0.2, 0) is 17.9 Å². The summed E-state index contributed by atoms with van der Waals surface area (Å²) < 4.78 is 48.5. The smallest absolute Gasteiger partial charge is 0.477 e. The summed E-state index contributed by atoms with van der Waals surface area (Å²) in [4.78, 5) is 43.7. The number of carbonyl (C=O) groups is 2. The Balaban J connectivity index is 0.000000448. The quantitative estimate of drug-likeness (QED) is 0.328. The van der Waals surface area contributed by atoms with Gasteiger partial charge in [0.25, 0.3) is 0 Å². The molecule has 0 radical (unpaired) electrons. The van der Waals surface area contributed by atoms with Crippen LogP contribution in [0.25, 0.3) is 16.6 Å². The third-order valence-electron chi connectivity index (χ3n) is 5.94. The number of carboxylic acid groups (broad SMARTS) is 2. The average molecular weight is 545 g/mol. The minimum atomic E-state index is -5.08. The molecular weight excluding hydrogens is 526 g/mol. The molecule has 0 saturated heterocycles. The Hall–Kier alpha value is -5.01. The number of aromatic carboxylic acids is 1. The maximum absolute atomic E-state index is 15.2. The summed E-state index contributed by atoms with van der Waals surface area (Å²) in [6.45, 7) is 2.70. The van der Waals surface area contributed by atoms with Gasteiger partial charge in [-0.2, -0.15) is 13.2 Å². The van der Waals surface area contributed by atoms with Gasteiger partial charge in [0.2, 0.25) is 5.43 Å². The van der Waals surface area contributed by atoms with E-state index in [1.54, 1.807) is 29.8 Å². The van der Waals surface area contributed by atoms with E-state index < -0.39 is 34.9 Å². The topological polar surface area (TPSA) is 152 Å². The number of hydrogen-bond acceptors (Lipinski definition) is 7. The van der Waals surface area contributed by atoms with Gasteiger partial charge < -0.3 is 25.4 Å². The first-order chi connectivity index (χ1) is 18.3. The number of fused-ring (bicyclic) bond motifs is 2. The Morgan fingerprint density at radius 3 is 2.36 bits per heavy atom. The van der Waals surface area contributed by atoms with Crippen molar-refractivity contribution in [2.75, 3.05) is 10.6 Å². The highest BCUT2D eigenvalue weighted by atomic mass is 19.4. The molecule has 0 atom stereocenters. The number of aliphatic carboxylic acids is 1. The zero-order valence-electron chi connectivity index (χ0n) is 20.0. The lowest BCUT2D eigenvalue weighted by Crippen LogP contribution is -2.21. The number of aryl methyl sites for hydroxylation is 1. The number of pyridine rings is 3. The van der Waals surface area contributed by atoms with Crippen molar-refractivity contribution in [2.24, 2.45) is 0 Å². The fraction of sp³-hybridized carbons (Fsp3) is 0.160. The molecule has 1 aromatic carbocycles. The Morgan fingerprint density at radius 1 is 1.08 bits per heavy atom. The second-order valence-electron chi connectivity index (χ2n) is 8.53. The highest BCUT2D eigenvalue weighted by molar-refractivity contribution is 5.94. The van der Waals surface area contributed by atoms with Crippen molar-refractivity contribution in [1.82, 2.24) is 14.5 Å². The van der Waals surface area contributed by atoms with Crippen LogP contribution in [0.5, 0.6) is 0 Å². The minimum Gasteiger partial charge on any atom is -0.477 e. The monoisotopic (exact) mass is 545 g/mol. The maximum atomic E-state index is 15.2.